The normalized spacial score (nSPS) is 13.8. The molecule has 1 aliphatic heterocycles. The van der Waals surface area contributed by atoms with Gasteiger partial charge < -0.3 is 14.5 Å². The third kappa shape index (κ3) is 4.57. The molecule has 0 amide bonds. The summed E-state index contributed by atoms with van der Waals surface area (Å²) < 4.78 is 6.90. The van der Waals surface area contributed by atoms with Crippen molar-refractivity contribution in [2.45, 2.75) is 13.8 Å². The highest BCUT2D eigenvalue weighted by atomic mass is 32.1. The van der Waals surface area contributed by atoms with Gasteiger partial charge in [0, 0.05) is 54.6 Å². The molecular weight excluding hydrogens is 464 g/mol. The summed E-state index contributed by atoms with van der Waals surface area (Å²) in [6, 6.07) is 15.1. The molecule has 1 aliphatic rings. The number of piperazine rings is 1. The molecule has 0 radical (unpaired) electrons. The Bertz CT molecular complexity index is 1360. The summed E-state index contributed by atoms with van der Waals surface area (Å²) in [6.45, 7) is 7.03. The molecule has 1 saturated heterocycles. The van der Waals surface area contributed by atoms with Gasteiger partial charge >= 0.3 is 0 Å². The molecule has 2 aromatic carbocycles. The number of anilines is 2. The van der Waals surface area contributed by atoms with Crippen molar-refractivity contribution in [1.82, 2.24) is 14.8 Å². The monoisotopic (exact) mass is 490 g/mol. The number of methoxy groups -OCH3 is 1. The lowest BCUT2D eigenvalue weighted by molar-refractivity contribution is -0.384. The maximum absolute atomic E-state index is 11.7. The average Bonchev–Trinajstić information content (AvgIpc) is 3.50. The second-order valence-electron chi connectivity index (χ2n) is 8.49. The van der Waals surface area contributed by atoms with Crippen LogP contribution in [0.1, 0.15) is 11.4 Å². The number of nitro benzene ring substituents is 1. The highest BCUT2D eigenvalue weighted by Crippen LogP contribution is 2.32. The van der Waals surface area contributed by atoms with E-state index in [9.17, 15) is 10.1 Å². The van der Waals surface area contributed by atoms with Crippen LogP contribution in [0.3, 0.4) is 0 Å². The molecule has 0 unspecified atom stereocenters. The van der Waals surface area contributed by atoms with Crippen molar-refractivity contribution < 1.29 is 9.66 Å². The number of thiazole rings is 1. The zero-order chi connectivity index (χ0) is 24.5. The predicted molar refractivity (Wildman–Crippen MR) is 138 cm³/mol. The topological polar surface area (TPSA) is 89.6 Å². The van der Waals surface area contributed by atoms with Crippen LogP contribution < -0.4 is 14.5 Å². The Balaban J connectivity index is 1.32. The van der Waals surface area contributed by atoms with Crippen LogP contribution in [0, 0.1) is 24.0 Å². The van der Waals surface area contributed by atoms with Gasteiger partial charge in [-0.2, -0.15) is 5.10 Å². The fourth-order valence-corrected chi connectivity index (χ4v) is 5.25. The van der Waals surface area contributed by atoms with Crippen molar-refractivity contribution in [3.8, 4) is 22.7 Å². The number of hydrogen-bond donors (Lipinski definition) is 0. The van der Waals surface area contributed by atoms with Gasteiger partial charge in [-0.1, -0.05) is 0 Å². The summed E-state index contributed by atoms with van der Waals surface area (Å²) in [7, 11) is 1.66. The number of ether oxygens (including phenoxy) is 1. The Labute approximate surface area is 207 Å². The molecule has 4 aromatic rings. The van der Waals surface area contributed by atoms with E-state index >= 15 is 0 Å². The second-order valence-corrected chi connectivity index (χ2v) is 9.32. The lowest BCUT2D eigenvalue weighted by Crippen LogP contribution is -2.46. The van der Waals surface area contributed by atoms with Crippen LogP contribution in [0.15, 0.2) is 53.9 Å². The van der Waals surface area contributed by atoms with Gasteiger partial charge in [0.05, 0.1) is 23.4 Å². The molecule has 0 aliphatic carbocycles. The number of hydrogen-bond acceptors (Lipinski definition) is 8. The Morgan fingerprint density at radius 2 is 1.71 bits per heavy atom. The summed E-state index contributed by atoms with van der Waals surface area (Å²) in [5.74, 6) is 0.826. The van der Waals surface area contributed by atoms with E-state index in [1.165, 1.54) is 0 Å². The number of benzene rings is 2. The molecule has 0 N–H and O–H groups in total. The minimum atomic E-state index is -0.351. The lowest BCUT2D eigenvalue weighted by atomic mass is 10.2. The first-order valence-corrected chi connectivity index (χ1v) is 12.2. The SMILES string of the molecule is COc1ccc(-c2csc(N3CCN(c4ccc([N+](=O)[O-])c(-n5nc(C)cc5C)c4)CC3)n2)cc1. The number of rotatable bonds is 6. The summed E-state index contributed by atoms with van der Waals surface area (Å²) in [5.41, 5.74) is 5.21. The number of aryl methyl sites for hydroxylation is 2. The second kappa shape index (κ2) is 9.38. The van der Waals surface area contributed by atoms with Gasteiger partial charge in [0.15, 0.2) is 5.13 Å². The van der Waals surface area contributed by atoms with Gasteiger partial charge in [0.2, 0.25) is 0 Å². The van der Waals surface area contributed by atoms with E-state index < -0.39 is 0 Å². The van der Waals surface area contributed by atoms with E-state index in [0.717, 1.165) is 65.4 Å². The van der Waals surface area contributed by atoms with E-state index in [2.05, 4.69) is 20.3 Å². The van der Waals surface area contributed by atoms with Crippen LogP contribution in [-0.2, 0) is 0 Å². The molecule has 0 atom stereocenters. The fourth-order valence-electron chi connectivity index (χ4n) is 4.37. The standard InChI is InChI=1S/C25H26N6O3S/c1-17-14-18(2)30(27-17)24-15-20(6-9-23(24)31(32)33)28-10-12-29(13-11-28)25-26-22(16-35-25)19-4-7-21(34-3)8-5-19/h4-9,14-16H,10-13H2,1-3H3. The van der Waals surface area contributed by atoms with Crippen molar-refractivity contribution >= 4 is 27.8 Å². The van der Waals surface area contributed by atoms with E-state index in [0.29, 0.717) is 5.69 Å². The van der Waals surface area contributed by atoms with Gasteiger partial charge in [-0.3, -0.25) is 10.1 Å². The number of nitro groups is 1. The average molecular weight is 491 g/mol. The smallest absolute Gasteiger partial charge is 0.295 e. The molecular formula is C25H26N6O3S. The minimum Gasteiger partial charge on any atom is -0.497 e. The van der Waals surface area contributed by atoms with Gasteiger partial charge in [0.1, 0.15) is 11.4 Å². The van der Waals surface area contributed by atoms with E-state index in [-0.39, 0.29) is 10.6 Å². The van der Waals surface area contributed by atoms with Gasteiger partial charge in [-0.25, -0.2) is 9.67 Å². The highest BCUT2D eigenvalue weighted by molar-refractivity contribution is 7.14. The van der Waals surface area contributed by atoms with E-state index in [4.69, 9.17) is 9.72 Å². The van der Waals surface area contributed by atoms with Crippen LogP contribution in [0.2, 0.25) is 0 Å². The van der Waals surface area contributed by atoms with E-state index in [1.807, 2.05) is 56.3 Å². The first kappa shape index (κ1) is 22.9. The highest BCUT2D eigenvalue weighted by Gasteiger charge is 2.24. The molecule has 180 valence electrons. The van der Waals surface area contributed by atoms with Crippen molar-refractivity contribution in [3.05, 3.63) is 75.4 Å². The zero-order valence-electron chi connectivity index (χ0n) is 19.8. The molecule has 9 nitrogen and oxygen atoms in total. The third-order valence-electron chi connectivity index (χ3n) is 6.19. The van der Waals surface area contributed by atoms with Crippen LogP contribution in [0.25, 0.3) is 16.9 Å². The van der Waals surface area contributed by atoms with Crippen LogP contribution in [0.4, 0.5) is 16.5 Å². The first-order valence-electron chi connectivity index (χ1n) is 11.3. The molecule has 0 saturated carbocycles. The van der Waals surface area contributed by atoms with Crippen molar-refractivity contribution in [2.75, 3.05) is 43.1 Å². The van der Waals surface area contributed by atoms with Crippen LogP contribution >= 0.6 is 11.3 Å². The number of nitrogens with zero attached hydrogens (tertiary/aromatic N) is 6. The van der Waals surface area contributed by atoms with Gasteiger partial charge in [0.25, 0.3) is 5.69 Å². The summed E-state index contributed by atoms with van der Waals surface area (Å²) >= 11 is 1.65. The summed E-state index contributed by atoms with van der Waals surface area (Å²) in [6.07, 6.45) is 0. The molecule has 35 heavy (non-hydrogen) atoms. The number of aromatic nitrogens is 3. The Morgan fingerprint density at radius 1 is 1.00 bits per heavy atom. The predicted octanol–water partition coefficient (Wildman–Crippen LogP) is 4.86. The maximum Gasteiger partial charge on any atom is 0.295 e. The zero-order valence-corrected chi connectivity index (χ0v) is 20.7. The maximum atomic E-state index is 11.7. The van der Waals surface area contributed by atoms with Crippen molar-refractivity contribution in [3.63, 3.8) is 0 Å². The first-order chi connectivity index (χ1) is 16.9. The van der Waals surface area contributed by atoms with Crippen molar-refractivity contribution in [1.29, 1.82) is 0 Å². The molecule has 2 aromatic heterocycles. The van der Waals surface area contributed by atoms with E-state index in [1.54, 1.807) is 29.2 Å². The lowest BCUT2D eigenvalue weighted by Gasteiger charge is -2.36. The van der Waals surface area contributed by atoms with Crippen LogP contribution in [-0.4, -0.2) is 53.0 Å². The van der Waals surface area contributed by atoms with Gasteiger partial charge in [-0.15, -0.1) is 11.3 Å². The fraction of sp³-hybridized carbons (Fsp3) is 0.280. The minimum absolute atomic E-state index is 0.0485. The third-order valence-corrected chi connectivity index (χ3v) is 7.09. The quantitative estimate of drug-likeness (QED) is 0.282. The molecule has 5 rings (SSSR count). The molecule has 10 heteroatoms. The largest absolute Gasteiger partial charge is 0.497 e. The Hall–Kier alpha value is -3.92. The molecule has 3 heterocycles. The summed E-state index contributed by atoms with van der Waals surface area (Å²) in [4.78, 5) is 20.7. The summed E-state index contributed by atoms with van der Waals surface area (Å²) in [5, 5.41) is 19.2. The molecule has 1 fully saturated rings. The Morgan fingerprint density at radius 3 is 2.34 bits per heavy atom. The van der Waals surface area contributed by atoms with Crippen LogP contribution in [0.5, 0.6) is 5.75 Å². The Kier molecular flexibility index (Phi) is 6.12. The molecule has 0 spiro atoms. The van der Waals surface area contributed by atoms with Gasteiger partial charge in [-0.05, 0) is 56.3 Å². The molecule has 0 bridgehead atoms. The van der Waals surface area contributed by atoms with Crippen molar-refractivity contribution in [2.24, 2.45) is 0 Å².